The van der Waals surface area contributed by atoms with Gasteiger partial charge in [-0.25, -0.2) is 0 Å². The normalized spacial score (nSPS) is 12.0. The molecule has 0 fully saturated rings. The number of methoxy groups -OCH3 is 2. The van der Waals surface area contributed by atoms with Crippen molar-refractivity contribution < 1.29 is 27.6 Å². The number of anilines is 1. The number of benzene rings is 1. The predicted octanol–water partition coefficient (Wildman–Crippen LogP) is 2.10. The minimum atomic E-state index is -3.16. The average Bonchev–Trinajstić information content (AvgIpc) is 2.65. The lowest BCUT2D eigenvalue weighted by molar-refractivity contribution is 0.102. The highest BCUT2D eigenvalue weighted by Gasteiger charge is 2.32. The Balaban J connectivity index is 2.55. The second kappa shape index (κ2) is 8.43. The van der Waals surface area contributed by atoms with Crippen LogP contribution < -0.4 is 13.8 Å². The number of carbonyl (C=O) groups excluding carboxylic acids is 1. The number of ether oxygens (including phenoxy) is 2. The number of aromatic nitrogens is 3. The Kier molecular flexibility index (Phi) is 6.51. The fourth-order valence-electron chi connectivity index (χ4n) is 1.97. The molecule has 0 saturated heterocycles. The molecule has 1 aromatic heterocycles. The third kappa shape index (κ3) is 4.11. The molecule has 1 unspecified atom stereocenters. The van der Waals surface area contributed by atoms with Gasteiger partial charge in [0.2, 0.25) is 11.6 Å². The van der Waals surface area contributed by atoms with Gasteiger partial charge in [-0.3, -0.25) is 4.79 Å². The van der Waals surface area contributed by atoms with Crippen molar-refractivity contribution in [3.8, 4) is 12.0 Å². The number of rotatable bonds is 7. The highest BCUT2D eigenvalue weighted by atomic mass is 35.5. The van der Waals surface area contributed by atoms with E-state index in [1.807, 2.05) is 0 Å². The third-order valence-corrected chi connectivity index (χ3v) is 4.46. The van der Waals surface area contributed by atoms with E-state index >= 15 is 0 Å². The maximum absolute atomic E-state index is 12.8. The summed E-state index contributed by atoms with van der Waals surface area (Å²) in [5, 5.41) is -0.0414. The van der Waals surface area contributed by atoms with Crippen LogP contribution in [-0.2, 0) is 11.4 Å². The molecule has 0 saturated carbocycles. The molecule has 0 bridgehead atoms. The number of halogens is 3. The minimum absolute atomic E-state index is 0.0414. The Labute approximate surface area is 155 Å². The fraction of sp³-hybridized carbons (Fsp3) is 0.286. The van der Waals surface area contributed by atoms with Crippen LogP contribution in [0.4, 0.5) is 14.5 Å². The molecule has 12 heteroatoms. The standard InChI is InChI=1S/C14H13ClF2N4O4S/c1-21(26(23)12(16)17)9-7(5-4-6-8(9)15)10(22)11-18-13(24-2)20-14(19-11)25-3/h4-6,12H,1-3H3. The number of ketones is 1. The van der Waals surface area contributed by atoms with Crippen LogP contribution in [0.3, 0.4) is 0 Å². The molecule has 0 amide bonds. The monoisotopic (exact) mass is 406 g/mol. The third-order valence-electron chi connectivity index (χ3n) is 3.13. The van der Waals surface area contributed by atoms with Crippen molar-refractivity contribution in [2.24, 2.45) is 0 Å². The summed E-state index contributed by atoms with van der Waals surface area (Å²) in [7, 11) is 3.70. The molecule has 2 aromatic rings. The predicted molar refractivity (Wildman–Crippen MR) is 90.4 cm³/mol. The van der Waals surface area contributed by atoms with Gasteiger partial charge < -0.3 is 14.0 Å². The molecule has 0 radical (unpaired) electrons. The van der Waals surface area contributed by atoms with E-state index in [-0.39, 0.29) is 34.1 Å². The van der Waals surface area contributed by atoms with Crippen molar-refractivity contribution in [1.29, 1.82) is 0 Å². The first-order chi connectivity index (χ1) is 12.3. The van der Waals surface area contributed by atoms with Crippen molar-refractivity contribution in [3.63, 3.8) is 0 Å². The molecule has 1 atom stereocenters. The molecular formula is C14H13ClF2N4O4S. The zero-order chi connectivity index (χ0) is 19.4. The van der Waals surface area contributed by atoms with Gasteiger partial charge in [-0.15, -0.1) is 4.98 Å². The molecule has 0 N–H and O–H groups in total. The quantitative estimate of drug-likeness (QED) is 0.509. The van der Waals surface area contributed by atoms with E-state index in [0.717, 1.165) is 11.4 Å². The number of hydrogen-bond acceptors (Lipinski definition) is 8. The highest BCUT2D eigenvalue weighted by Crippen LogP contribution is 2.33. The van der Waals surface area contributed by atoms with Crippen LogP contribution in [0, 0.1) is 0 Å². The van der Waals surface area contributed by atoms with Gasteiger partial charge in [0.05, 0.1) is 31.9 Å². The summed E-state index contributed by atoms with van der Waals surface area (Å²) >= 11 is 3.33. The maximum Gasteiger partial charge on any atom is 0.421 e. The first-order valence-electron chi connectivity index (χ1n) is 6.90. The largest absolute Gasteiger partial charge is 0.588 e. The second-order valence-corrected chi connectivity index (χ2v) is 6.50. The number of para-hydroxylation sites is 1. The van der Waals surface area contributed by atoms with E-state index in [1.165, 1.54) is 32.4 Å². The summed E-state index contributed by atoms with van der Waals surface area (Å²) in [5.74, 6) is -4.27. The minimum Gasteiger partial charge on any atom is -0.588 e. The molecule has 0 aliphatic rings. The topological polar surface area (TPSA) is 100 Å². The van der Waals surface area contributed by atoms with E-state index in [4.69, 9.17) is 21.1 Å². The van der Waals surface area contributed by atoms with Gasteiger partial charge in [-0.2, -0.15) is 23.1 Å². The Morgan fingerprint density at radius 2 is 1.81 bits per heavy atom. The maximum atomic E-state index is 12.8. The molecule has 0 aliphatic carbocycles. The summed E-state index contributed by atoms with van der Waals surface area (Å²) in [6.45, 7) is 0. The van der Waals surface area contributed by atoms with Crippen molar-refractivity contribution in [3.05, 3.63) is 34.6 Å². The van der Waals surface area contributed by atoms with Crippen molar-refractivity contribution in [2.45, 2.75) is 5.76 Å². The molecule has 1 heterocycles. The Morgan fingerprint density at radius 1 is 1.23 bits per heavy atom. The van der Waals surface area contributed by atoms with Crippen LogP contribution in [0.15, 0.2) is 18.2 Å². The van der Waals surface area contributed by atoms with Crippen molar-refractivity contribution in [1.82, 2.24) is 15.0 Å². The van der Waals surface area contributed by atoms with Gasteiger partial charge in [0.25, 0.3) is 0 Å². The van der Waals surface area contributed by atoms with Gasteiger partial charge in [0.15, 0.2) is 0 Å². The second-order valence-electron chi connectivity index (χ2n) is 4.63. The summed E-state index contributed by atoms with van der Waals surface area (Å²) in [6, 6.07) is 3.79. The fourth-order valence-corrected chi connectivity index (χ4v) is 2.94. The van der Waals surface area contributed by atoms with Crippen LogP contribution in [0.25, 0.3) is 0 Å². The van der Waals surface area contributed by atoms with E-state index in [9.17, 15) is 18.1 Å². The summed E-state index contributed by atoms with van der Waals surface area (Å²) < 4.78 is 47.8. The van der Waals surface area contributed by atoms with Crippen molar-refractivity contribution in [2.75, 3.05) is 25.6 Å². The van der Waals surface area contributed by atoms with Crippen LogP contribution in [0.5, 0.6) is 12.0 Å². The number of carbonyl (C=O) groups is 1. The summed E-state index contributed by atoms with van der Waals surface area (Å²) in [5.41, 5.74) is -0.263. The van der Waals surface area contributed by atoms with Crippen LogP contribution in [0.2, 0.25) is 5.02 Å². The molecule has 1 aromatic carbocycles. The van der Waals surface area contributed by atoms with Gasteiger partial charge >= 0.3 is 17.8 Å². The zero-order valence-electron chi connectivity index (χ0n) is 13.8. The molecule has 140 valence electrons. The van der Waals surface area contributed by atoms with Gasteiger partial charge in [0.1, 0.15) is 17.0 Å². The van der Waals surface area contributed by atoms with Crippen LogP contribution in [-0.4, -0.2) is 52.3 Å². The smallest absolute Gasteiger partial charge is 0.421 e. The average molecular weight is 407 g/mol. The number of alkyl halides is 2. The summed E-state index contributed by atoms with van der Waals surface area (Å²) in [6.07, 6.45) is 0. The van der Waals surface area contributed by atoms with Gasteiger partial charge in [0, 0.05) is 0 Å². The van der Waals surface area contributed by atoms with Crippen LogP contribution in [0.1, 0.15) is 16.2 Å². The summed E-state index contributed by atoms with van der Waals surface area (Å²) in [4.78, 5) is 24.2. The van der Waals surface area contributed by atoms with Gasteiger partial charge in [-0.05, 0) is 12.1 Å². The van der Waals surface area contributed by atoms with Gasteiger partial charge in [-0.1, -0.05) is 17.7 Å². The molecular weight excluding hydrogens is 394 g/mol. The van der Waals surface area contributed by atoms with E-state index in [0.29, 0.717) is 0 Å². The van der Waals surface area contributed by atoms with Crippen molar-refractivity contribution >= 4 is 34.4 Å². The number of nitrogens with zero attached hydrogens (tertiary/aromatic N) is 4. The molecule has 2 rings (SSSR count). The van der Waals surface area contributed by atoms with Crippen LogP contribution >= 0.6 is 11.6 Å². The Morgan fingerprint density at radius 3 is 2.31 bits per heavy atom. The Bertz CT molecular complexity index is 792. The first kappa shape index (κ1) is 20.1. The van der Waals surface area contributed by atoms with E-state index in [1.54, 1.807) is 0 Å². The lowest BCUT2D eigenvalue weighted by atomic mass is 10.1. The molecule has 26 heavy (non-hydrogen) atoms. The molecule has 8 nitrogen and oxygen atoms in total. The zero-order valence-corrected chi connectivity index (χ0v) is 15.3. The van der Waals surface area contributed by atoms with E-state index < -0.39 is 22.9 Å². The Hall–Kier alpha value is -2.24. The number of hydrogen-bond donors (Lipinski definition) is 0. The lowest BCUT2D eigenvalue weighted by Crippen LogP contribution is -2.33. The highest BCUT2D eigenvalue weighted by molar-refractivity contribution is 7.93. The lowest BCUT2D eigenvalue weighted by Gasteiger charge is -2.23. The molecule has 0 spiro atoms. The van der Waals surface area contributed by atoms with E-state index in [2.05, 4.69) is 15.0 Å². The first-order valence-corrected chi connectivity index (χ1v) is 8.44. The SMILES string of the molecule is COc1nc(OC)nc(C(=O)c2cccc(Cl)c2N(C)[S+]([O-])C(F)F)n1. The molecule has 0 aliphatic heterocycles.